The molecule has 1 saturated heterocycles. The normalized spacial score (nSPS) is 15.8. The molecule has 0 aliphatic carbocycles. The molecule has 0 spiro atoms. The molecular formula is C17H17FN4O2. The zero-order valence-corrected chi connectivity index (χ0v) is 13.3. The smallest absolute Gasteiger partial charge is 0.228 e. The van der Waals surface area contributed by atoms with Gasteiger partial charge < -0.3 is 14.2 Å². The number of hydrogen-bond donors (Lipinski definition) is 0. The van der Waals surface area contributed by atoms with Crippen molar-refractivity contribution in [2.45, 2.75) is 18.8 Å². The van der Waals surface area contributed by atoms with Crippen LogP contribution in [0.4, 0.5) is 10.3 Å². The number of fused-ring (bicyclic) bond motifs is 1. The van der Waals surface area contributed by atoms with Crippen LogP contribution in [0, 0.1) is 5.82 Å². The van der Waals surface area contributed by atoms with E-state index in [0.717, 1.165) is 37.0 Å². The molecule has 4 rings (SSSR count). The molecule has 24 heavy (non-hydrogen) atoms. The Morgan fingerprint density at radius 2 is 2.08 bits per heavy atom. The van der Waals surface area contributed by atoms with Crippen LogP contribution in [-0.4, -0.2) is 35.3 Å². The molecule has 0 atom stereocenters. The highest BCUT2D eigenvalue weighted by molar-refractivity contribution is 5.79. The largest absolute Gasteiger partial charge is 0.481 e. The minimum Gasteiger partial charge on any atom is -0.481 e. The van der Waals surface area contributed by atoms with Gasteiger partial charge in [0.15, 0.2) is 5.58 Å². The average molecular weight is 328 g/mol. The van der Waals surface area contributed by atoms with Gasteiger partial charge >= 0.3 is 0 Å². The van der Waals surface area contributed by atoms with E-state index in [4.69, 9.17) is 9.26 Å². The zero-order chi connectivity index (χ0) is 16.5. The number of aromatic nitrogens is 3. The molecule has 3 heterocycles. The summed E-state index contributed by atoms with van der Waals surface area (Å²) in [6, 6.07) is 6.30. The predicted octanol–water partition coefficient (Wildman–Crippen LogP) is 3.15. The summed E-state index contributed by atoms with van der Waals surface area (Å²) in [5, 5.41) is 5.07. The van der Waals surface area contributed by atoms with E-state index >= 15 is 0 Å². The average Bonchev–Trinajstić information content (AvgIpc) is 3.05. The second-order valence-electron chi connectivity index (χ2n) is 5.87. The third kappa shape index (κ3) is 2.66. The zero-order valence-electron chi connectivity index (χ0n) is 13.3. The van der Waals surface area contributed by atoms with Crippen molar-refractivity contribution in [2.24, 2.45) is 0 Å². The van der Waals surface area contributed by atoms with Gasteiger partial charge in [0.25, 0.3) is 0 Å². The Labute approximate surface area is 138 Å². The summed E-state index contributed by atoms with van der Waals surface area (Å²) in [5.74, 6) is 1.22. The Hall–Kier alpha value is -2.70. The first-order chi connectivity index (χ1) is 11.7. The summed E-state index contributed by atoms with van der Waals surface area (Å²) in [5.41, 5.74) is 1.42. The lowest BCUT2D eigenvalue weighted by atomic mass is 9.92. The number of methoxy groups -OCH3 is 1. The van der Waals surface area contributed by atoms with Gasteiger partial charge in [0, 0.05) is 42.7 Å². The van der Waals surface area contributed by atoms with Gasteiger partial charge in [-0.25, -0.2) is 9.37 Å². The van der Waals surface area contributed by atoms with Crippen molar-refractivity contribution >= 4 is 16.9 Å². The number of hydrogen-bond acceptors (Lipinski definition) is 6. The fraction of sp³-hybridized carbons (Fsp3) is 0.353. The molecule has 3 aromatic rings. The number of piperidine rings is 1. The first kappa shape index (κ1) is 14.9. The molecule has 0 saturated carbocycles. The quantitative estimate of drug-likeness (QED) is 0.736. The molecule has 2 aromatic heterocycles. The van der Waals surface area contributed by atoms with Crippen LogP contribution in [0.15, 0.2) is 35.0 Å². The molecule has 0 amide bonds. The number of ether oxygens (including phenoxy) is 1. The summed E-state index contributed by atoms with van der Waals surface area (Å²) >= 11 is 0. The number of halogens is 1. The van der Waals surface area contributed by atoms with Crippen molar-refractivity contribution in [3.63, 3.8) is 0 Å². The molecule has 0 radical (unpaired) electrons. The summed E-state index contributed by atoms with van der Waals surface area (Å²) in [6.07, 6.45) is 3.53. The van der Waals surface area contributed by atoms with Crippen molar-refractivity contribution in [3.05, 3.63) is 42.0 Å². The number of anilines is 1. The second kappa shape index (κ2) is 6.07. The minimum atomic E-state index is -0.310. The van der Waals surface area contributed by atoms with E-state index < -0.39 is 0 Å². The van der Waals surface area contributed by atoms with Crippen molar-refractivity contribution in [3.8, 4) is 5.88 Å². The predicted molar refractivity (Wildman–Crippen MR) is 86.7 cm³/mol. The van der Waals surface area contributed by atoms with Crippen LogP contribution in [0.25, 0.3) is 11.0 Å². The number of nitrogens with zero attached hydrogens (tertiary/aromatic N) is 4. The molecule has 124 valence electrons. The molecule has 0 bridgehead atoms. The van der Waals surface area contributed by atoms with E-state index in [2.05, 4.69) is 20.0 Å². The van der Waals surface area contributed by atoms with Crippen molar-refractivity contribution in [2.75, 3.05) is 25.1 Å². The third-order valence-corrected chi connectivity index (χ3v) is 4.45. The molecule has 1 fully saturated rings. The fourth-order valence-corrected chi connectivity index (χ4v) is 3.18. The molecule has 1 aromatic carbocycles. The standard InChI is InChI=1S/C17H17FN4O2/c1-23-15-4-7-19-17(20-15)22-8-5-11(6-9-22)16-13-3-2-12(18)10-14(13)24-21-16/h2-4,7,10-11H,5-6,8-9H2,1H3. The highest BCUT2D eigenvalue weighted by Crippen LogP contribution is 2.33. The summed E-state index contributed by atoms with van der Waals surface area (Å²) in [6.45, 7) is 1.65. The Morgan fingerprint density at radius 3 is 2.88 bits per heavy atom. The summed E-state index contributed by atoms with van der Waals surface area (Å²) < 4.78 is 23.7. The first-order valence-corrected chi connectivity index (χ1v) is 7.91. The number of rotatable bonds is 3. The monoisotopic (exact) mass is 328 g/mol. The topological polar surface area (TPSA) is 64.3 Å². The molecule has 7 heteroatoms. The van der Waals surface area contributed by atoms with Gasteiger partial charge in [0.1, 0.15) is 5.82 Å². The minimum absolute atomic E-state index is 0.290. The maximum absolute atomic E-state index is 13.3. The van der Waals surface area contributed by atoms with Crippen molar-refractivity contribution in [1.82, 2.24) is 15.1 Å². The van der Waals surface area contributed by atoms with Crippen LogP contribution in [-0.2, 0) is 0 Å². The lowest BCUT2D eigenvalue weighted by Crippen LogP contribution is -2.34. The van der Waals surface area contributed by atoms with Crippen LogP contribution in [0.5, 0.6) is 5.88 Å². The van der Waals surface area contributed by atoms with Gasteiger partial charge in [0.2, 0.25) is 11.8 Å². The lowest BCUT2D eigenvalue weighted by molar-refractivity contribution is 0.394. The molecule has 6 nitrogen and oxygen atoms in total. The van der Waals surface area contributed by atoms with Crippen LogP contribution in [0.2, 0.25) is 0 Å². The van der Waals surface area contributed by atoms with E-state index in [1.54, 1.807) is 25.4 Å². The third-order valence-electron chi connectivity index (χ3n) is 4.45. The van der Waals surface area contributed by atoms with E-state index in [1.807, 2.05) is 0 Å². The highest BCUT2D eigenvalue weighted by Gasteiger charge is 2.26. The molecular weight excluding hydrogens is 311 g/mol. The lowest BCUT2D eigenvalue weighted by Gasteiger charge is -2.31. The molecule has 1 aliphatic rings. The van der Waals surface area contributed by atoms with Gasteiger partial charge in [-0.2, -0.15) is 4.98 Å². The van der Waals surface area contributed by atoms with Gasteiger partial charge in [-0.05, 0) is 25.0 Å². The fourth-order valence-electron chi connectivity index (χ4n) is 3.18. The van der Waals surface area contributed by atoms with Crippen LogP contribution in [0.3, 0.4) is 0 Å². The Balaban J connectivity index is 1.51. The van der Waals surface area contributed by atoms with E-state index in [9.17, 15) is 4.39 Å². The highest BCUT2D eigenvalue weighted by atomic mass is 19.1. The van der Waals surface area contributed by atoms with Crippen molar-refractivity contribution in [1.29, 1.82) is 0 Å². The molecule has 0 unspecified atom stereocenters. The van der Waals surface area contributed by atoms with E-state index in [-0.39, 0.29) is 5.82 Å². The van der Waals surface area contributed by atoms with E-state index in [0.29, 0.717) is 23.3 Å². The Morgan fingerprint density at radius 1 is 1.25 bits per heavy atom. The molecule has 1 aliphatic heterocycles. The van der Waals surface area contributed by atoms with Gasteiger partial charge in [-0.1, -0.05) is 5.16 Å². The summed E-state index contributed by atoms with van der Waals surface area (Å²) in [7, 11) is 1.59. The first-order valence-electron chi connectivity index (χ1n) is 7.91. The van der Waals surface area contributed by atoms with Gasteiger partial charge in [0.05, 0.1) is 12.8 Å². The number of benzene rings is 1. The Bertz CT molecular complexity index is 859. The van der Waals surface area contributed by atoms with Gasteiger partial charge in [-0.3, -0.25) is 0 Å². The van der Waals surface area contributed by atoms with Gasteiger partial charge in [-0.15, -0.1) is 0 Å². The van der Waals surface area contributed by atoms with Crippen molar-refractivity contribution < 1.29 is 13.7 Å². The maximum atomic E-state index is 13.3. The van der Waals surface area contributed by atoms with Crippen LogP contribution < -0.4 is 9.64 Å². The SMILES string of the molecule is COc1ccnc(N2CCC(c3noc4cc(F)ccc34)CC2)n1. The van der Waals surface area contributed by atoms with Crippen LogP contribution in [0.1, 0.15) is 24.5 Å². The maximum Gasteiger partial charge on any atom is 0.228 e. The Kier molecular flexibility index (Phi) is 3.76. The second-order valence-corrected chi connectivity index (χ2v) is 5.87. The van der Waals surface area contributed by atoms with E-state index in [1.165, 1.54) is 12.1 Å². The van der Waals surface area contributed by atoms with Crippen LogP contribution >= 0.6 is 0 Å². The summed E-state index contributed by atoms with van der Waals surface area (Å²) in [4.78, 5) is 10.8. The molecule has 0 N–H and O–H groups in total.